The summed E-state index contributed by atoms with van der Waals surface area (Å²) < 4.78 is 37.8. The van der Waals surface area contributed by atoms with Gasteiger partial charge in [-0.3, -0.25) is 4.79 Å². The number of nitrogens with zero attached hydrogens (tertiary/aromatic N) is 2. The molecule has 0 bridgehead atoms. The van der Waals surface area contributed by atoms with E-state index in [1.165, 1.54) is 12.1 Å². The van der Waals surface area contributed by atoms with Crippen molar-refractivity contribution < 1.29 is 28.2 Å². The summed E-state index contributed by atoms with van der Waals surface area (Å²) in [5.41, 5.74) is 0.872. The molecule has 2 unspecified atom stereocenters. The standard InChI is InChI=1S/C16H13F3N2O3/c17-16(18,19)10-3-1-8(2-4-10)12-7-11-13(21-20-12)5-9(15(23)24)6-14(11)22/h1-4,7,9,14,22H,5-6H2,(H,23,24). The Hall–Kier alpha value is -2.48. The number of halogens is 3. The van der Waals surface area contributed by atoms with Crippen LogP contribution in [0.4, 0.5) is 13.2 Å². The highest BCUT2D eigenvalue weighted by Gasteiger charge is 2.32. The van der Waals surface area contributed by atoms with Gasteiger partial charge < -0.3 is 10.2 Å². The molecule has 0 saturated carbocycles. The summed E-state index contributed by atoms with van der Waals surface area (Å²) in [6.07, 6.45) is -5.16. The average Bonchev–Trinajstić information content (AvgIpc) is 2.53. The minimum Gasteiger partial charge on any atom is -0.481 e. The first-order valence-corrected chi connectivity index (χ1v) is 7.20. The van der Waals surface area contributed by atoms with Crippen LogP contribution in [0.1, 0.15) is 29.3 Å². The molecule has 3 rings (SSSR count). The predicted octanol–water partition coefficient (Wildman–Crippen LogP) is 2.84. The van der Waals surface area contributed by atoms with E-state index in [9.17, 15) is 23.1 Å². The third-order valence-corrected chi connectivity index (χ3v) is 4.07. The number of aliphatic hydroxyl groups is 1. The quantitative estimate of drug-likeness (QED) is 0.880. The number of carboxylic acid groups (broad SMARTS) is 1. The molecular weight excluding hydrogens is 325 g/mol. The molecule has 1 aromatic carbocycles. The molecule has 24 heavy (non-hydrogen) atoms. The van der Waals surface area contributed by atoms with Crippen molar-refractivity contribution in [2.75, 3.05) is 0 Å². The van der Waals surface area contributed by atoms with Crippen LogP contribution in [-0.2, 0) is 17.4 Å². The Morgan fingerprint density at radius 1 is 1.17 bits per heavy atom. The zero-order valence-electron chi connectivity index (χ0n) is 12.3. The van der Waals surface area contributed by atoms with Crippen LogP contribution in [-0.4, -0.2) is 26.4 Å². The highest BCUT2D eigenvalue weighted by Crippen LogP contribution is 2.35. The summed E-state index contributed by atoms with van der Waals surface area (Å²) in [5.74, 6) is -1.73. The van der Waals surface area contributed by atoms with Gasteiger partial charge in [0.15, 0.2) is 0 Å². The largest absolute Gasteiger partial charge is 0.481 e. The van der Waals surface area contributed by atoms with Crippen molar-refractivity contribution in [2.45, 2.75) is 25.1 Å². The van der Waals surface area contributed by atoms with E-state index >= 15 is 0 Å². The molecule has 0 fully saturated rings. The van der Waals surface area contributed by atoms with Gasteiger partial charge in [0.2, 0.25) is 0 Å². The van der Waals surface area contributed by atoms with Gasteiger partial charge in [0.1, 0.15) is 0 Å². The fourth-order valence-electron chi connectivity index (χ4n) is 2.75. The Morgan fingerprint density at radius 2 is 1.83 bits per heavy atom. The number of benzene rings is 1. The molecule has 0 saturated heterocycles. The van der Waals surface area contributed by atoms with Gasteiger partial charge in [0.05, 0.1) is 29.0 Å². The van der Waals surface area contributed by atoms with E-state index < -0.39 is 29.7 Å². The smallest absolute Gasteiger partial charge is 0.416 e. The van der Waals surface area contributed by atoms with Crippen molar-refractivity contribution in [3.63, 3.8) is 0 Å². The van der Waals surface area contributed by atoms with Crippen molar-refractivity contribution >= 4 is 5.97 Å². The average molecular weight is 338 g/mol. The molecule has 8 heteroatoms. The van der Waals surface area contributed by atoms with Gasteiger partial charge in [0, 0.05) is 17.5 Å². The fraction of sp³-hybridized carbons (Fsp3) is 0.312. The lowest BCUT2D eigenvalue weighted by Crippen LogP contribution is -2.26. The van der Waals surface area contributed by atoms with Gasteiger partial charge >= 0.3 is 12.1 Å². The predicted molar refractivity (Wildman–Crippen MR) is 76.9 cm³/mol. The summed E-state index contributed by atoms with van der Waals surface area (Å²) in [4.78, 5) is 11.1. The number of aromatic nitrogens is 2. The Morgan fingerprint density at radius 3 is 2.42 bits per heavy atom. The van der Waals surface area contributed by atoms with Gasteiger partial charge in [-0.2, -0.15) is 23.4 Å². The van der Waals surface area contributed by atoms with Crippen LogP contribution in [0.2, 0.25) is 0 Å². The molecule has 5 nitrogen and oxygen atoms in total. The van der Waals surface area contributed by atoms with Crippen LogP contribution in [0.15, 0.2) is 30.3 Å². The third-order valence-electron chi connectivity index (χ3n) is 4.07. The van der Waals surface area contributed by atoms with Crippen LogP contribution in [0.3, 0.4) is 0 Å². The number of carbonyl (C=O) groups is 1. The number of rotatable bonds is 2. The normalized spacial score (nSPS) is 20.5. The first-order valence-electron chi connectivity index (χ1n) is 7.20. The number of aliphatic hydroxyl groups excluding tert-OH is 1. The first-order chi connectivity index (χ1) is 11.3. The summed E-state index contributed by atoms with van der Waals surface area (Å²) in [6, 6.07) is 6.03. The molecule has 1 heterocycles. The summed E-state index contributed by atoms with van der Waals surface area (Å²) in [6.45, 7) is 0. The molecule has 0 amide bonds. The Labute approximate surface area is 134 Å². The molecule has 2 atom stereocenters. The molecule has 0 aliphatic heterocycles. The van der Waals surface area contributed by atoms with E-state index in [0.717, 1.165) is 12.1 Å². The van der Waals surface area contributed by atoms with E-state index in [1.807, 2.05) is 0 Å². The number of alkyl halides is 3. The zero-order valence-corrected chi connectivity index (χ0v) is 12.3. The fourth-order valence-corrected chi connectivity index (χ4v) is 2.75. The lowest BCUT2D eigenvalue weighted by Gasteiger charge is -2.25. The SMILES string of the molecule is O=C(O)C1Cc2nnc(-c3ccc(C(F)(F)F)cc3)cc2C(O)C1. The van der Waals surface area contributed by atoms with E-state index in [2.05, 4.69) is 10.2 Å². The molecule has 126 valence electrons. The van der Waals surface area contributed by atoms with Crippen molar-refractivity contribution in [1.29, 1.82) is 0 Å². The highest BCUT2D eigenvalue weighted by atomic mass is 19.4. The second kappa shape index (κ2) is 5.86. The Balaban J connectivity index is 1.92. The van der Waals surface area contributed by atoms with Gasteiger partial charge in [-0.05, 0) is 24.6 Å². The maximum atomic E-state index is 12.6. The number of aliphatic carboxylic acids is 1. The molecular formula is C16H13F3N2O3. The first kappa shape index (κ1) is 16.4. The molecule has 0 radical (unpaired) electrons. The van der Waals surface area contributed by atoms with Crippen molar-refractivity contribution in [3.8, 4) is 11.3 Å². The van der Waals surface area contributed by atoms with Gasteiger partial charge in [-0.1, -0.05) is 12.1 Å². The molecule has 2 N–H and O–H groups in total. The number of carboxylic acids is 1. The monoisotopic (exact) mass is 338 g/mol. The van der Waals surface area contributed by atoms with E-state index in [0.29, 0.717) is 22.5 Å². The van der Waals surface area contributed by atoms with Crippen LogP contribution >= 0.6 is 0 Å². The van der Waals surface area contributed by atoms with Crippen LogP contribution in [0.5, 0.6) is 0 Å². The lowest BCUT2D eigenvalue weighted by atomic mass is 9.85. The van der Waals surface area contributed by atoms with E-state index in [-0.39, 0.29) is 12.8 Å². The van der Waals surface area contributed by atoms with Crippen molar-refractivity contribution in [2.24, 2.45) is 5.92 Å². The van der Waals surface area contributed by atoms with Gasteiger partial charge in [0.25, 0.3) is 0 Å². The highest BCUT2D eigenvalue weighted by molar-refractivity contribution is 5.71. The zero-order chi connectivity index (χ0) is 17.5. The summed E-state index contributed by atoms with van der Waals surface area (Å²) >= 11 is 0. The van der Waals surface area contributed by atoms with Crippen LogP contribution < -0.4 is 0 Å². The van der Waals surface area contributed by atoms with Crippen LogP contribution in [0, 0.1) is 5.92 Å². The Kier molecular flexibility index (Phi) is 4.00. The minimum atomic E-state index is -4.41. The van der Waals surface area contributed by atoms with Gasteiger partial charge in [-0.15, -0.1) is 0 Å². The topological polar surface area (TPSA) is 83.3 Å². The van der Waals surface area contributed by atoms with Crippen molar-refractivity contribution in [1.82, 2.24) is 10.2 Å². The second-order valence-corrected chi connectivity index (χ2v) is 5.70. The molecule has 2 aromatic rings. The second-order valence-electron chi connectivity index (χ2n) is 5.70. The van der Waals surface area contributed by atoms with E-state index in [1.54, 1.807) is 6.07 Å². The van der Waals surface area contributed by atoms with Gasteiger partial charge in [-0.25, -0.2) is 0 Å². The molecule has 1 aromatic heterocycles. The number of hydrogen-bond acceptors (Lipinski definition) is 4. The number of fused-ring (bicyclic) bond motifs is 1. The summed E-state index contributed by atoms with van der Waals surface area (Å²) in [7, 11) is 0. The maximum Gasteiger partial charge on any atom is 0.416 e. The van der Waals surface area contributed by atoms with Crippen LogP contribution in [0.25, 0.3) is 11.3 Å². The molecule has 1 aliphatic carbocycles. The molecule has 0 spiro atoms. The minimum absolute atomic E-state index is 0.0699. The summed E-state index contributed by atoms with van der Waals surface area (Å²) in [5, 5.41) is 27.1. The maximum absolute atomic E-state index is 12.6. The Bertz CT molecular complexity index is 775. The number of hydrogen-bond donors (Lipinski definition) is 2. The van der Waals surface area contributed by atoms with Crippen molar-refractivity contribution in [3.05, 3.63) is 47.2 Å². The van der Waals surface area contributed by atoms with E-state index in [4.69, 9.17) is 5.11 Å². The molecule has 1 aliphatic rings. The lowest BCUT2D eigenvalue weighted by molar-refractivity contribution is -0.143. The third kappa shape index (κ3) is 3.09.